The molecule has 1 aromatic carbocycles. The molecule has 6 heteroatoms. The fourth-order valence-corrected chi connectivity index (χ4v) is 5.06. The van der Waals surface area contributed by atoms with E-state index in [2.05, 4.69) is 22.5 Å². The zero-order valence-electron chi connectivity index (χ0n) is 20.3. The number of nitrogens with zero attached hydrogens (tertiary/aromatic N) is 2. The summed E-state index contributed by atoms with van der Waals surface area (Å²) in [6.45, 7) is 6.40. The minimum Gasteiger partial charge on any atom is -0.378 e. The molecule has 0 spiro atoms. The fraction of sp³-hybridized carbons (Fsp3) is 0.630. The second-order valence-corrected chi connectivity index (χ2v) is 9.87. The first-order valence-electron chi connectivity index (χ1n) is 12.9. The number of nitrogens with one attached hydrogen (secondary N) is 1. The number of ether oxygens (including phenoxy) is 1. The standard InChI is InChI=1S/C27H41N3O2S/c1-2-3-4-5-6-7-8-9-10-11-16-28-26(31)24-14-12-23(13-15-24)21-25-22-33-27(29-25)30-17-19-32-20-18-30/h12-15,22H,2-11,16-21H2,1H3,(H,28,31). The molecule has 1 aromatic heterocycles. The predicted molar refractivity (Wildman–Crippen MR) is 139 cm³/mol. The normalized spacial score (nSPS) is 13.9. The van der Waals surface area contributed by atoms with Crippen LogP contribution in [0, 0.1) is 0 Å². The molecule has 0 atom stereocenters. The number of anilines is 1. The Bertz CT molecular complexity index is 800. The van der Waals surface area contributed by atoms with Gasteiger partial charge in [-0.15, -0.1) is 11.3 Å². The second kappa shape index (κ2) is 15.1. The number of carbonyl (C=O) groups excluding carboxylic acids is 1. The van der Waals surface area contributed by atoms with Crippen molar-refractivity contribution in [2.75, 3.05) is 37.7 Å². The maximum atomic E-state index is 12.4. The zero-order chi connectivity index (χ0) is 23.1. The van der Waals surface area contributed by atoms with Gasteiger partial charge in [-0.3, -0.25) is 4.79 Å². The molecule has 0 bridgehead atoms. The third-order valence-electron chi connectivity index (χ3n) is 6.24. The van der Waals surface area contributed by atoms with Gasteiger partial charge in [-0.05, 0) is 24.1 Å². The van der Waals surface area contributed by atoms with Crippen LogP contribution in [0.2, 0.25) is 0 Å². The molecular formula is C27H41N3O2S. The maximum absolute atomic E-state index is 12.4. The first-order valence-corrected chi connectivity index (χ1v) is 13.8. The molecule has 33 heavy (non-hydrogen) atoms. The van der Waals surface area contributed by atoms with E-state index in [0.717, 1.165) is 62.1 Å². The first-order chi connectivity index (χ1) is 16.3. The van der Waals surface area contributed by atoms with Crippen molar-refractivity contribution < 1.29 is 9.53 Å². The molecule has 182 valence electrons. The van der Waals surface area contributed by atoms with Crippen LogP contribution in [0.4, 0.5) is 5.13 Å². The first kappa shape index (κ1) is 25.7. The summed E-state index contributed by atoms with van der Waals surface area (Å²) in [5.74, 6) is 0.0285. The Labute approximate surface area is 203 Å². The third kappa shape index (κ3) is 9.46. The van der Waals surface area contributed by atoms with Gasteiger partial charge in [-0.1, -0.05) is 76.8 Å². The van der Waals surface area contributed by atoms with Crippen molar-refractivity contribution in [2.45, 2.75) is 77.6 Å². The highest BCUT2D eigenvalue weighted by atomic mass is 32.1. The Kier molecular flexibility index (Phi) is 11.7. The highest BCUT2D eigenvalue weighted by Gasteiger charge is 2.15. The van der Waals surface area contributed by atoms with Crippen molar-refractivity contribution in [1.29, 1.82) is 0 Å². The van der Waals surface area contributed by atoms with E-state index in [-0.39, 0.29) is 5.91 Å². The minimum absolute atomic E-state index is 0.0285. The number of rotatable bonds is 15. The Hall–Kier alpha value is -1.92. The molecule has 0 saturated carbocycles. The maximum Gasteiger partial charge on any atom is 0.251 e. The number of aromatic nitrogens is 1. The van der Waals surface area contributed by atoms with Crippen molar-refractivity contribution >= 4 is 22.4 Å². The summed E-state index contributed by atoms with van der Waals surface area (Å²) in [6, 6.07) is 7.95. The molecule has 0 unspecified atom stereocenters. The summed E-state index contributed by atoms with van der Waals surface area (Å²) in [5.41, 5.74) is 3.00. The van der Waals surface area contributed by atoms with Gasteiger partial charge in [0.25, 0.3) is 5.91 Å². The topological polar surface area (TPSA) is 54.5 Å². The largest absolute Gasteiger partial charge is 0.378 e. The van der Waals surface area contributed by atoms with Gasteiger partial charge >= 0.3 is 0 Å². The summed E-state index contributed by atoms with van der Waals surface area (Å²) in [4.78, 5) is 19.5. The van der Waals surface area contributed by atoms with Crippen LogP contribution in [0.3, 0.4) is 0 Å². The lowest BCUT2D eigenvalue weighted by atomic mass is 10.1. The average molecular weight is 472 g/mol. The molecule has 5 nitrogen and oxygen atoms in total. The van der Waals surface area contributed by atoms with Crippen LogP contribution in [-0.2, 0) is 11.2 Å². The average Bonchev–Trinajstić information content (AvgIpc) is 3.32. The Morgan fingerprint density at radius 1 is 0.970 bits per heavy atom. The van der Waals surface area contributed by atoms with Crippen molar-refractivity contribution in [2.24, 2.45) is 0 Å². The van der Waals surface area contributed by atoms with Crippen molar-refractivity contribution in [3.05, 3.63) is 46.5 Å². The molecule has 0 radical (unpaired) electrons. The van der Waals surface area contributed by atoms with E-state index >= 15 is 0 Å². The van der Waals surface area contributed by atoms with E-state index < -0.39 is 0 Å². The minimum atomic E-state index is 0.0285. The van der Waals surface area contributed by atoms with E-state index in [1.54, 1.807) is 11.3 Å². The molecule has 1 aliphatic heterocycles. The molecule has 2 heterocycles. The van der Waals surface area contributed by atoms with Crippen molar-refractivity contribution in [3.63, 3.8) is 0 Å². The summed E-state index contributed by atoms with van der Waals surface area (Å²) in [7, 11) is 0. The lowest BCUT2D eigenvalue weighted by molar-refractivity contribution is 0.0953. The summed E-state index contributed by atoms with van der Waals surface area (Å²) in [6.07, 6.45) is 13.9. The molecule has 0 aliphatic carbocycles. The van der Waals surface area contributed by atoms with E-state index in [0.29, 0.717) is 0 Å². The van der Waals surface area contributed by atoms with Crippen LogP contribution < -0.4 is 10.2 Å². The quantitative estimate of drug-likeness (QED) is 0.313. The van der Waals surface area contributed by atoms with E-state index in [9.17, 15) is 4.79 Å². The van der Waals surface area contributed by atoms with E-state index in [1.807, 2.05) is 24.3 Å². The fourth-order valence-electron chi connectivity index (χ4n) is 4.18. The Morgan fingerprint density at radius 3 is 2.27 bits per heavy atom. The monoisotopic (exact) mass is 471 g/mol. The van der Waals surface area contributed by atoms with Crippen LogP contribution in [0.15, 0.2) is 29.6 Å². The van der Waals surface area contributed by atoms with Gasteiger partial charge in [-0.2, -0.15) is 0 Å². The van der Waals surface area contributed by atoms with Gasteiger partial charge in [-0.25, -0.2) is 4.98 Å². The van der Waals surface area contributed by atoms with Crippen LogP contribution in [0.5, 0.6) is 0 Å². The van der Waals surface area contributed by atoms with Gasteiger partial charge in [0, 0.05) is 37.0 Å². The van der Waals surface area contributed by atoms with Crippen LogP contribution in [-0.4, -0.2) is 43.7 Å². The summed E-state index contributed by atoms with van der Waals surface area (Å²) >= 11 is 1.70. The van der Waals surface area contributed by atoms with Gasteiger partial charge in [0.05, 0.1) is 18.9 Å². The summed E-state index contributed by atoms with van der Waals surface area (Å²) in [5, 5.41) is 6.28. The summed E-state index contributed by atoms with van der Waals surface area (Å²) < 4.78 is 5.42. The highest BCUT2D eigenvalue weighted by Crippen LogP contribution is 2.23. The van der Waals surface area contributed by atoms with Crippen molar-refractivity contribution in [3.8, 4) is 0 Å². The lowest BCUT2D eigenvalue weighted by Crippen LogP contribution is -2.36. The molecule has 1 saturated heterocycles. The molecular weight excluding hydrogens is 430 g/mol. The van der Waals surface area contributed by atoms with E-state index in [4.69, 9.17) is 9.72 Å². The molecule has 3 rings (SSSR count). The smallest absolute Gasteiger partial charge is 0.251 e. The number of hydrogen-bond donors (Lipinski definition) is 1. The van der Waals surface area contributed by atoms with E-state index in [1.165, 1.54) is 63.4 Å². The third-order valence-corrected chi connectivity index (χ3v) is 7.19. The number of thiazole rings is 1. The number of carbonyl (C=O) groups is 1. The molecule has 1 N–H and O–H groups in total. The number of morpholine rings is 1. The van der Waals surface area contributed by atoms with Crippen molar-refractivity contribution in [1.82, 2.24) is 10.3 Å². The zero-order valence-corrected chi connectivity index (χ0v) is 21.1. The van der Waals surface area contributed by atoms with Gasteiger partial charge in [0.15, 0.2) is 5.13 Å². The van der Waals surface area contributed by atoms with Gasteiger partial charge in [0.1, 0.15) is 0 Å². The number of hydrogen-bond acceptors (Lipinski definition) is 5. The Balaban J connectivity index is 1.29. The molecule has 1 fully saturated rings. The number of benzene rings is 1. The Morgan fingerprint density at radius 2 is 1.61 bits per heavy atom. The molecule has 2 aromatic rings. The predicted octanol–water partition coefficient (Wildman–Crippen LogP) is 6.22. The van der Waals surface area contributed by atoms with Crippen LogP contribution >= 0.6 is 11.3 Å². The number of unbranched alkanes of at least 4 members (excludes halogenated alkanes) is 9. The molecule has 1 aliphatic rings. The van der Waals surface area contributed by atoms with Crippen LogP contribution in [0.25, 0.3) is 0 Å². The SMILES string of the molecule is CCCCCCCCCCCCNC(=O)c1ccc(Cc2csc(N3CCOCC3)n2)cc1. The van der Waals surface area contributed by atoms with Gasteiger partial charge < -0.3 is 15.0 Å². The van der Waals surface area contributed by atoms with Gasteiger partial charge in [0.2, 0.25) is 0 Å². The van der Waals surface area contributed by atoms with Crippen LogP contribution in [0.1, 0.15) is 92.7 Å². The number of amides is 1. The highest BCUT2D eigenvalue weighted by molar-refractivity contribution is 7.13. The second-order valence-electron chi connectivity index (χ2n) is 9.03. The molecule has 1 amide bonds. The lowest BCUT2D eigenvalue weighted by Gasteiger charge is -2.26.